The first kappa shape index (κ1) is 13.2. The van der Waals surface area contributed by atoms with E-state index in [2.05, 4.69) is 5.32 Å². The SMILES string of the molecule is CCNCCOc1ccc([N+](=O)[O-])cc1I. The van der Waals surface area contributed by atoms with Crippen LogP contribution in [0, 0.1) is 13.7 Å². The lowest BCUT2D eigenvalue weighted by Crippen LogP contribution is -2.20. The number of nitro benzene ring substituents is 1. The number of hydrogen-bond acceptors (Lipinski definition) is 4. The molecule has 0 heterocycles. The van der Waals surface area contributed by atoms with Gasteiger partial charge in [0.1, 0.15) is 12.4 Å². The molecule has 0 saturated heterocycles. The number of ether oxygens (including phenoxy) is 1. The maximum absolute atomic E-state index is 10.5. The maximum Gasteiger partial charge on any atom is 0.270 e. The fourth-order valence-corrected chi connectivity index (χ4v) is 1.78. The summed E-state index contributed by atoms with van der Waals surface area (Å²) in [5.74, 6) is 0.684. The minimum absolute atomic E-state index is 0.0865. The first-order valence-corrected chi connectivity index (χ1v) is 6.00. The number of non-ortho nitro benzene ring substituents is 1. The maximum atomic E-state index is 10.5. The molecule has 0 aromatic heterocycles. The van der Waals surface area contributed by atoms with Gasteiger partial charge in [-0.3, -0.25) is 10.1 Å². The molecule has 0 aliphatic heterocycles. The molecule has 5 nitrogen and oxygen atoms in total. The van der Waals surface area contributed by atoms with Crippen molar-refractivity contribution in [2.75, 3.05) is 19.7 Å². The van der Waals surface area contributed by atoms with Gasteiger partial charge in [0.05, 0.1) is 8.49 Å². The molecule has 0 radical (unpaired) electrons. The van der Waals surface area contributed by atoms with Gasteiger partial charge < -0.3 is 10.1 Å². The van der Waals surface area contributed by atoms with Crippen LogP contribution in [-0.4, -0.2) is 24.6 Å². The lowest BCUT2D eigenvalue weighted by Gasteiger charge is -2.07. The fourth-order valence-electron chi connectivity index (χ4n) is 1.13. The Morgan fingerprint density at radius 1 is 1.56 bits per heavy atom. The molecular weight excluding hydrogens is 323 g/mol. The quantitative estimate of drug-likeness (QED) is 0.374. The lowest BCUT2D eigenvalue weighted by atomic mass is 10.3. The molecule has 0 aliphatic carbocycles. The highest BCUT2D eigenvalue weighted by Crippen LogP contribution is 2.25. The van der Waals surface area contributed by atoms with Crippen LogP contribution < -0.4 is 10.1 Å². The summed E-state index contributed by atoms with van der Waals surface area (Å²) in [5, 5.41) is 13.6. The van der Waals surface area contributed by atoms with Crippen LogP contribution in [0.5, 0.6) is 5.75 Å². The standard InChI is InChI=1S/C10H13IN2O3/c1-2-12-5-6-16-10-4-3-8(13(14)15)7-9(10)11/h3-4,7,12H,2,5-6H2,1H3. The van der Waals surface area contributed by atoms with E-state index < -0.39 is 4.92 Å². The van der Waals surface area contributed by atoms with E-state index in [1.165, 1.54) is 12.1 Å². The number of hydrogen-bond donors (Lipinski definition) is 1. The zero-order chi connectivity index (χ0) is 12.0. The smallest absolute Gasteiger partial charge is 0.270 e. The van der Waals surface area contributed by atoms with Gasteiger partial charge in [0.15, 0.2) is 0 Å². The van der Waals surface area contributed by atoms with Crippen molar-refractivity contribution in [2.24, 2.45) is 0 Å². The van der Waals surface area contributed by atoms with Crippen LogP contribution in [0.15, 0.2) is 18.2 Å². The molecule has 0 unspecified atom stereocenters. The summed E-state index contributed by atoms with van der Waals surface area (Å²) in [6, 6.07) is 4.58. The third-order valence-corrected chi connectivity index (χ3v) is 2.76. The van der Waals surface area contributed by atoms with Gasteiger partial charge >= 0.3 is 0 Å². The van der Waals surface area contributed by atoms with Crippen LogP contribution in [-0.2, 0) is 0 Å². The van der Waals surface area contributed by atoms with Gasteiger partial charge in [-0.15, -0.1) is 0 Å². The third kappa shape index (κ3) is 3.93. The normalized spacial score (nSPS) is 10.1. The van der Waals surface area contributed by atoms with Crippen molar-refractivity contribution >= 4 is 28.3 Å². The summed E-state index contributed by atoms with van der Waals surface area (Å²) >= 11 is 2.03. The van der Waals surface area contributed by atoms with E-state index in [1.54, 1.807) is 6.07 Å². The zero-order valence-electron chi connectivity index (χ0n) is 8.90. The van der Waals surface area contributed by atoms with Crippen LogP contribution in [0.25, 0.3) is 0 Å². The van der Waals surface area contributed by atoms with Crippen molar-refractivity contribution in [1.82, 2.24) is 5.32 Å². The molecule has 1 N–H and O–H groups in total. The number of halogens is 1. The molecule has 0 saturated carbocycles. The van der Waals surface area contributed by atoms with Gasteiger partial charge in [-0.1, -0.05) is 6.92 Å². The monoisotopic (exact) mass is 336 g/mol. The van der Waals surface area contributed by atoms with Crippen LogP contribution in [0.4, 0.5) is 5.69 Å². The summed E-state index contributed by atoms with van der Waals surface area (Å²) in [6.07, 6.45) is 0. The van der Waals surface area contributed by atoms with E-state index in [-0.39, 0.29) is 5.69 Å². The van der Waals surface area contributed by atoms with E-state index in [0.29, 0.717) is 12.4 Å². The van der Waals surface area contributed by atoms with E-state index in [9.17, 15) is 10.1 Å². The Bertz CT molecular complexity index is 371. The van der Waals surface area contributed by atoms with E-state index in [1.807, 2.05) is 29.5 Å². The first-order chi connectivity index (χ1) is 7.65. The number of nitrogens with one attached hydrogen (secondary N) is 1. The van der Waals surface area contributed by atoms with Gasteiger partial charge in [-0.25, -0.2) is 0 Å². The highest BCUT2D eigenvalue weighted by Gasteiger charge is 2.09. The highest BCUT2D eigenvalue weighted by molar-refractivity contribution is 14.1. The molecule has 0 aliphatic rings. The van der Waals surface area contributed by atoms with Gasteiger partial charge in [-0.2, -0.15) is 0 Å². The average Bonchev–Trinajstić information content (AvgIpc) is 2.26. The van der Waals surface area contributed by atoms with Crippen molar-refractivity contribution in [3.8, 4) is 5.75 Å². The van der Waals surface area contributed by atoms with Gasteiger partial charge in [0.25, 0.3) is 5.69 Å². The number of likely N-dealkylation sites (N-methyl/N-ethyl adjacent to an activating group) is 1. The molecule has 88 valence electrons. The predicted molar refractivity (Wildman–Crippen MR) is 69.9 cm³/mol. The van der Waals surface area contributed by atoms with Gasteiger partial charge in [0, 0.05) is 18.7 Å². The van der Waals surface area contributed by atoms with E-state index in [4.69, 9.17) is 4.74 Å². The molecule has 0 bridgehead atoms. The Morgan fingerprint density at radius 2 is 2.31 bits per heavy atom. The Labute approximate surface area is 107 Å². The highest BCUT2D eigenvalue weighted by atomic mass is 127. The first-order valence-electron chi connectivity index (χ1n) is 4.92. The molecule has 0 atom stereocenters. The summed E-state index contributed by atoms with van der Waals surface area (Å²) < 4.78 is 6.23. The Hall–Kier alpha value is -0.890. The van der Waals surface area contributed by atoms with Crippen molar-refractivity contribution in [3.63, 3.8) is 0 Å². The lowest BCUT2D eigenvalue weighted by molar-refractivity contribution is -0.385. The van der Waals surface area contributed by atoms with Crippen LogP contribution in [0.2, 0.25) is 0 Å². The van der Waals surface area contributed by atoms with Crippen LogP contribution >= 0.6 is 22.6 Å². The summed E-state index contributed by atoms with van der Waals surface area (Å²) in [4.78, 5) is 10.1. The Balaban J connectivity index is 2.57. The number of nitro groups is 1. The van der Waals surface area contributed by atoms with Crippen molar-refractivity contribution in [1.29, 1.82) is 0 Å². The largest absolute Gasteiger partial charge is 0.491 e. The van der Waals surface area contributed by atoms with Crippen LogP contribution in [0.3, 0.4) is 0 Å². The average molecular weight is 336 g/mol. The molecule has 0 amide bonds. The zero-order valence-corrected chi connectivity index (χ0v) is 11.1. The summed E-state index contributed by atoms with van der Waals surface area (Å²) in [5.41, 5.74) is 0.0865. The molecule has 0 fully saturated rings. The van der Waals surface area contributed by atoms with E-state index >= 15 is 0 Å². The minimum atomic E-state index is -0.412. The molecule has 1 aromatic rings. The molecule has 1 rings (SSSR count). The Kier molecular flexibility index (Phi) is 5.47. The van der Waals surface area contributed by atoms with Crippen LogP contribution in [0.1, 0.15) is 6.92 Å². The second-order valence-electron chi connectivity index (χ2n) is 3.07. The Morgan fingerprint density at radius 3 is 2.88 bits per heavy atom. The summed E-state index contributed by atoms with van der Waals surface area (Å²) in [7, 11) is 0. The fraction of sp³-hybridized carbons (Fsp3) is 0.400. The van der Waals surface area contributed by atoms with Crippen molar-refractivity contribution < 1.29 is 9.66 Å². The van der Waals surface area contributed by atoms with Gasteiger partial charge in [-0.05, 0) is 35.2 Å². The predicted octanol–water partition coefficient (Wildman–Crippen LogP) is 2.19. The molecule has 1 aromatic carbocycles. The second kappa shape index (κ2) is 6.64. The van der Waals surface area contributed by atoms with Crippen molar-refractivity contribution in [2.45, 2.75) is 6.92 Å². The topological polar surface area (TPSA) is 64.4 Å². The molecule has 16 heavy (non-hydrogen) atoms. The molecule has 0 spiro atoms. The third-order valence-electron chi connectivity index (χ3n) is 1.91. The molecule has 6 heteroatoms. The number of rotatable bonds is 6. The molecular formula is C10H13IN2O3. The second-order valence-corrected chi connectivity index (χ2v) is 4.24. The minimum Gasteiger partial charge on any atom is -0.491 e. The summed E-state index contributed by atoms with van der Waals surface area (Å²) in [6.45, 7) is 4.25. The number of nitrogens with zero attached hydrogens (tertiary/aromatic N) is 1. The van der Waals surface area contributed by atoms with Crippen molar-refractivity contribution in [3.05, 3.63) is 31.9 Å². The van der Waals surface area contributed by atoms with E-state index in [0.717, 1.165) is 16.7 Å². The number of benzene rings is 1. The van der Waals surface area contributed by atoms with Gasteiger partial charge in [0.2, 0.25) is 0 Å².